The lowest BCUT2D eigenvalue weighted by atomic mass is 10.4. The van der Waals surface area contributed by atoms with Crippen molar-refractivity contribution in [2.24, 2.45) is 0 Å². The maximum absolute atomic E-state index is 11.5. The Morgan fingerprint density at radius 1 is 1.27 bits per heavy atom. The third kappa shape index (κ3) is 3.69. The highest BCUT2D eigenvalue weighted by molar-refractivity contribution is 7.84. The van der Waals surface area contributed by atoms with Gasteiger partial charge in [-0.15, -0.1) is 0 Å². The van der Waals surface area contributed by atoms with E-state index >= 15 is 0 Å². The van der Waals surface area contributed by atoms with Gasteiger partial charge in [0.15, 0.2) is 0 Å². The Bertz CT molecular complexity index is 272. The Morgan fingerprint density at radius 2 is 1.87 bits per heavy atom. The lowest BCUT2D eigenvalue weighted by Gasteiger charge is -2.32. The maximum atomic E-state index is 11.5. The van der Waals surface area contributed by atoms with Gasteiger partial charge in [0.25, 0.3) is 0 Å². The average Bonchev–Trinajstić information content (AvgIpc) is 2.19. The highest BCUT2D eigenvalue weighted by Crippen LogP contribution is 2.08. The Hall–Kier alpha value is -0.210. The zero-order valence-electron chi connectivity index (χ0n) is 8.92. The SMILES string of the molecule is CCOS(=O)(=O)N1CCN(CCO)CC1. The van der Waals surface area contributed by atoms with Crippen LogP contribution in [-0.4, -0.2) is 68.7 Å². The van der Waals surface area contributed by atoms with Crippen molar-refractivity contribution in [1.82, 2.24) is 9.21 Å². The van der Waals surface area contributed by atoms with E-state index in [1.54, 1.807) is 6.92 Å². The van der Waals surface area contributed by atoms with Crippen LogP contribution in [0.4, 0.5) is 0 Å². The molecule has 0 aromatic rings. The monoisotopic (exact) mass is 238 g/mol. The minimum absolute atomic E-state index is 0.109. The molecule has 0 aromatic carbocycles. The summed E-state index contributed by atoms with van der Waals surface area (Å²) in [6.45, 7) is 4.68. The summed E-state index contributed by atoms with van der Waals surface area (Å²) in [5, 5.41) is 8.73. The molecule has 0 aromatic heterocycles. The fourth-order valence-electron chi connectivity index (χ4n) is 1.54. The van der Waals surface area contributed by atoms with E-state index in [1.165, 1.54) is 4.31 Å². The van der Waals surface area contributed by atoms with Crippen LogP contribution in [0.15, 0.2) is 0 Å². The van der Waals surface area contributed by atoms with Crippen molar-refractivity contribution in [2.45, 2.75) is 6.92 Å². The number of piperazine rings is 1. The smallest absolute Gasteiger partial charge is 0.338 e. The van der Waals surface area contributed by atoms with E-state index in [1.807, 2.05) is 4.90 Å². The van der Waals surface area contributed by atoms with Gasteiger partial charge in [-0.1, -0.05) is 0 Å². The fourth-order valence-corrected chi connectivity index (χ4v) is 2.60. The van der Waals surface area contributed by atoms with Crippen LogP contribution in [-0.2, 0) is 14.5 Å². The van der Waals surface area contributed by atoms with Gasteiger partial charge in [-0.05, 0) is 6.92 Å². The van der Waals surface area contributed by atoms with E-state index < -0.39 is 10.3 Å². The van der Waals surface area contributed by atoms with Crippen molar-refractivity contribution >= 4 is 10.3 Å². The summed E-state index contributed by atoms with van der Waals surface area (Å²) in [6, 6.07) is 0. The Morgan fingerprint density at radius 3 is 2.33 bits per heavy atom. The molecule has 7 heteroatoms. The lowest BCUT2D eigenvalue weighted by Crippen LogP contribution is -2.49. The number of rotatable bonds is 5. The first-order valence-corrected chi connectivity index (χ1v) is 6.44. The van der Waals surface area contributed by atoms with Crippen molar-refractivity contribution < 1.29 is 17.7 Å². The van der Waals surface area contributed by atoms with Crippen molar-refractivity contribution in [3.63, 3.8) is 0 Å². The van der Waals surface area contributed by atoms with Crippen LogP contribution >= 0.6 is 0 Å². The molecule has 1 N–H and O–H groups in total. The summed E-state index contributed by atoms with van der Waals surface area (Å²) in [5.74, 6) is 0. The first-order valence-electron chi connectivity index (χ1n) is 5.08. The van der Waals surface area contributed by atoms with Gasteiger partial charge in [-0.25, -0.2) is 0 Å². The van der Waals surface area contributed by atoms with E-state index in [9.17, 15) is 8.42 Å². The zero-order chi connectivity index (χ0) is 11.3. The van der Waals surface area contributed by atoms with Crippen LogP contribution in [0.5, 0.6) is 0 Å². The van der Waals surface area contributed by atoms with Gasteiger partial charge in [0.1, 0.15) is 0 Å². The van der Waals surface area contributed by atoms with Crippen LogP contribution in [0, 0.1) is 0 Å². The van der Waals surface area contributed by atoms with Gasteiger partial charge in [0, 0.05) is 32.7 Å². The molecule has 0 atom stereocenters. The molecule has 0 bridgehead atoms. The topological polar surface area (TPSA) is 70.1 Å². The van der Waals surface area contributed by atoms with E-state index in [4.69, 9.17) is 9.29 Å². The summed E-state index contributed by atoms with van der Waals surface area (Å²) in [5.41, 5.74) is 0. The molecular formula is C8H18N2O4S. The molecule has 0 aliphatic carbocycles. The van der Waals surface area contributed by atoms with Gasteiger partial charge < -0.3 is 5.11 Å². The Balaban J connectivity index is 2.43. The zero-order valence-corrected chi connectivity index (χ0v) is 9.74. The summed E-state index contributed by atoms with van der Waals surface area (Å²) < 4.78 is 29.0. The molecule has 1 rings (SSSR count). The molecule has 1 saturated heterocycles. The number of aliphatic hydroxyl groups is 1. The molecular weight excluding hydrogens is 220 g/mol. The van der Waals surface area contributed by atoms with Crippen molar-refractivity contribution in [2.75, 3.05) is 45.9 Å². The van der Waals surface area contributed by atoms with Crippen molar-refractivity contribution in [3.8, 4) is 0 Å². The van der Waals surface area contributed by atoms with Gasteiger partial charge in [0.2, 0.25) is 0 Å². The standard InChI is InChI=1S/C8H18N2O4S/c1-2-14-15(12,13)10-5-3-9(4-6-10)7-8-11/h11H,2-8H2,1H3. The second kappa shape index (κ2) is 5.76. The maximum Gasteiger partial charge on any atom is 0.338 e. The minimum atomic E-state index is -3.53. The fraction of sp³-hybridized carbons (Fsp3) is 1.00. The number of β-amino-alcohol motifs (C(OH)–C–C–N with tert-alkyl or cyclic N) is 1. The minimum Gasteiger partial charge on any atom is -0.395 e. The second-order valence-electron chi connectivity index (χ2n) is 3.33. The Labute approximate surface area is 90.7 Å². The molecule has 0 spiro atoms. The lowest BCUT2D eigenvalue weighted by molar-refractivity contribution is 0.142. The molecule has 0 radical (unpaired) electrons. The van der Waals surface area contributed by atoms with E-state index in [2.05, 4.69) is 0 Å². The molecule has 0 saturated carbocycles. The van der Waals surface area contributed by atoms with Crippen molar-refractivity contribution in [1.29, 1.82) is 0 Å². The molecule has 1 heterocycles. The van der Waals surface area contributed by atoms with Gasteiger partial charge in [-0.3, -0.25) is 9.08 Å². The molecule has 0 amide bonds. The summed E-state index contributed by atoms with van der Waals surface area (Å²) in [6.07, 6.45) is 0. The van der Waals surface area contributed by atoms with E-state index in [-0.39, 0.29) is 13.2 Å². The number of hydrogen-bond acceptors (Lipinski definition) is 5. The van der Waals surface area contributed by atoms with Gasteiger partial charge in [0.05, 0.1) is 13.2 Å². The number of aliphatic hydroxyl groups excluding tert-OH is 1. The van der Waals surface area contributed by atoms with Crippen LogP contribution in [0.1, 0.15) is 6.92 Å². The normalized spacial score (nSPS) is 20.7. The molecule has 15 heavy (non-hydrogen) atoms. The number of hydrogen-bond donors (Lipinski definition) is 1. The second-order valence-corrected chi connectivity index (χ2v) is 4.94. The Kier molecular flexibility index (Phi) is 4.94. The quantitative estimate of drug-likeness (QED) is 0.657. The first-order chi connectivity index (χ1) is 7.10. The van der Waals surface area contributed by atoms with Crippen LogP contribution in [0.25, 0.3) is 0 Å². The van der Waals surface area contributed by atoms with Crippen LogP contribution in [0.2, 0.25) is 0 Å². The summed E-state index contributed by atoms with van der Waals surface area (Å²) in [4.78, 5) is 2.03. The number of nitrogens with zero attached hydrogens (tertiary/aromatic N) is 2. The highest BCUT2D eigenvalue weighted by atomic mass is 32.2. The van der Waals surface area contributed by atoms with E-state index in [0.29, 0.717) is 32.7 Å². The van der Waals surface area contributed by atoms with Crippen LogP contribution < -0.4 is 0 Å². The van der Waals surface area contributed by atoms with E-state index in [0.717, 1.165) is 0 Å². The molecule has 90 valence electrons. The third-order valence-corrected chi connectivity index (χ3v) is 3.86. The summed E-state index contributed by atoms with van der Waals surface area (Å²) in [7, 11) is -3.53. The average molecular weight is 238 g/mol. The molecule has 1 aliphatic rings. The van der Waals surface area contributed by atoms with Crippen molar-refractivity contribution in [3.05, 3.63) is 0 Å². The van der Waals surface area contributed by atoms with Gasteiger partial charge in [-0.2, -0.15) is 12.7 Å². The molecule has 6 nitrogen and oxygen atoms in total. The summed E-state index contributed by atoms with van der Waals surface area (Å²) >= 11 is 0. The first kappa shape index (κ1) is 12.9. The third-order valence-electron chi connectivity index (χ3n) is 2.33. The largest absolute Gasteiger partial charge is 0.395 e. The molecule has 1 fully saturated rings. The molecule has 1 aliphatic heterocycles. The highest BCUT2D eigenvalue weighted by Gasteiger charge is 2.26. The van der Waals surface area contributed by atoms with Crippen LogP contribution in [0.3, 0.4) is 0 Å². The van der Waals surface area contributed by atoms with Gasteiger partial charge >= 0.3 is 10.3 Å². The predicted molar refractivity (Wildman–Crippen MR) is 55.6 cm³/mol. The molecule has 0 unspecified atom stereocenters. The predicted octanol–water partition coefficient (Wildman–Crippen LogP) is -1.12.